The summed E-state index contributed by atoms with van der Waals surface area (Å²) in [6.07, 6.45) is 3.18. The van der Waals surface area contributed by atoms with Crippen molar-refractivity contribution in [3.8, 4) is 0 Å². The van der Waals surface area contributed by atoms with Gasteiger partial charge in [0.1, 0.15) is 12.2 Å². The number of allylic oxidation sites excluding steroid dienone is 2. The number of hydrogen-bond donors (Lipinski definition) is 2. The summed E-state index contributed by atoms with van der Waals surface area (Å²) in [4.78, 5) is 24.6. The Hall–Kier alpha value is -1.92. The summed E-state index contributed by atoms with van der Waals surface area (Å²) in [5, 5.41) is 20.4. The summed E-state index contributed by atoms with van der Waals surface area (Å²) < 4.78 is 11.3. The van der Waals surface area contributed by atoms with Gasteiger partial charge < -0.3 is 19.7 Å². The van der Waals surface area contributed by atoms with Gasteiger partial charge in [0.25, 0.3) is 0 Å². The van der Waals surface area contributed by atoms with E-state index in [-0.39, 0.29) is 29.4 Å². The highest BCUT2D eigenvalue weighted by molar-refractivity contribution is 5.92. The van der Waals surface area contributed by atoms with E-state index >= 15 is 0 Å². The lowest BCUT2D eigenvalue weighted by Crippen LogP contribution is -2.40. The third-order valence-electron chi connectivity index (χ3n) is 6.12. The van der Waals surface area contributed by atoms with Crippen LogP contribution in [0.2, 0.25) is 0 Å². The first-order chi connectivity index (χ1) is 12.2. The molecule has 1 heterocycles. The van der Waals surface area contributed by atoms with E-state index in [1.165, 1.54) is 6.08 Å². The van der Waals surface area contributed by atoms with E-state index in [9.17, 15) is 19.8 Å². The molecule has 142 valence electrons. The van der Waals surface area contributed by atoms with Gasteiger partial charge in [-0.2, -0.15) is 0 Å². The number of fused-ring (bicyclic) bond motifs is 3. The molecule has 0 unspecified atom stereocenters. The number of hydrogen-bond acceptors (Lipinski definition) is 6. The fraction of sp³-hybridized carbons (Fsp3) is 0.600. The van der Waals surface area contributed by atoms with Crippen LogP contribution in [0.15, 0.2) is 35.5 Å². The molecule has 6 heteroatoms. The summed E-state index contributed by atoms with van der Waals surface area (Å²) in [5.41, 5.74) is 0.396. The zero-order chi connectivity index (χ0) is 19.2. The molecule has 1 saturated heterocycles. The maximum absolute atomic E-state index is 12.4. The Morgan fingerprint density at radius 2 is 2.19 bits per heavy atom. The highest BCUT2D eigenvalue weighted by atomic mass is 16.6. The smallest absolute Gasteiger partial charge is 0.336 e. The second-order valence-electron chi connectivity index (χ2n) is 7.71. The van der Waals surface area contributed by atoms with E-state index in [4.69, 9.17) is 9.47 Å². The minimum Gasteiger partial charge on any atom is -0.458 e. The fourth-order valence-corrected chi connectivity index (χ4v) is 4.67. The number of rotatable bonds is 3. The minimum atomic E-state index is -1.09. The molecule has 0 spiro atoms. The Balaban J connectivity index is 1.99. The summed E-state index contributed by atoms with van der Waals surface area (Å²) in [6.45, 7) is 8.78. The number of ether oxygens (including phenoxy) is 2. The highest BCUT2D eigenvalue weighted by Crippen LogP contribution is 2.52. The predicted molar refractivity (Wildman–Crippen MR) is 93.8 cm³/mol. The SMILES string of the molecule is C=C1C(=O)O[C@H]2[C@H]1[C@H](OC(=O)/C(=C\C)CO)C[C@@](C)(O)[C@H]1CC=C(C)[C@@H]21. The fourth-order valence-electron chi connectivity index (χ4n) is 4.67. The van der Waals surface area contributed by atoms with Gasteiger partial charge in [-0.1, -0.05) is 24.3 Å². The molecule has 0 aromatic rings. The van der Waals surface area contributed by atoms with Crippen LogP contribution in [0.4, 0.5) is 0 Å². The van der Waals surface area contributed by atoms with Gasteiger partial charge in [0.15, 0.2) is 0 Å². The van der Waals surface area contributed by atoms with Crippen molar-refractivity contribution in [2.24, 2.45) is 17.8 Å². The first kappa shape index (κ1) is 18.9. The van der Waals surface area contributed by atoms with E-state index < -0.39 is 42.3 Å². The molecule has 1 aliphatic heterocycles. The average molecular weight is 362 g/mol. The molecular formula is C20H26O6. The van der Waals surface area contributed by atoms with Gasteiger partial charge in [0, 0.05) is 23.8 Å². The lowest BCUT2D eigenvalue weighted by molar-refractivity contribution is -0.150. The van der Waals surface area contributed by atoms with Gasteiger partial charge >= 0.3 is 11.9 Å². The molecule has 0 radical (unpaired) electrons. The maximum Gasteiger partial charge on any atom is 0.336 e. The van der Waals surface area contributed by atoms with Crippen molar-refractivity contribution in [1.82, 2.24) is 0 Å². The summed E-state index contributed by atoms with van der Waals surface area (Å²) in [7, 11) is 0. The van der Waals surface area contributed by atoms with Crippen molar-refractivity contribution in [2.75, 3.05) is 6.61 Å². The normalized spacial score (nSPS) is 39.7. The Morgan fingerprint density at radius 3 is 2.81 bits per heavy atom. The van der Waals surface area contributed by atoms with Gasteiger partial charge in [-0.25, -0.2) is 9.59 Å². The number of carbonyl (C=O) groups is 2. The van der Waals surface area contributed by atoms with Crippen LogP contribution in [-0.2, 0) is 19.1 Å². The average Bonchev–Trinajstić information content (AvgIpc) is 3.06. The lowest BCUT2D eigenvalue weighted by atomic mass is 9.76. The standard InChI is InChI=1S/C20H26O6/c1-5-12(9-21)19(23)25-14-8-20(4,24)13-7-6-10(2)15(13)17-16(14)11(3)18(22)26-17/h5-6,13-17,21,24H,3,7-9H2,1-2,4H3/b12-5-/t13-,14+,15+,16+,17+,20+/m0/s1. The Morgan fingerprint density at radius 1 is 1.50 bits per heavy atom. The largest absolute Gasteiger partial charge is 0.458 e. The summed E-state index contributed by atoms with van der Waals surface area (Å²) in [5.74, 6) is -1.88. The van der Waals surface area contributed by atoms with E-state index in [1.54, 1.807) is 13.8 Å². The number of aliphatic hydroxyl groups is 2. The Kier molecular flexibility index (Phi) is 4.84. The molecule has 6 nitrogen and oxygen atoms in total. The highest BCUT2D eigenvalue weighted by Gasteiger charge is 2.58. The van der Waals surface area contributed by atoms with Gasteiger partial charge in [0.05, 0.1) is 23.7 Å². The zero-order valence-electron chi connectivity index (χ0n) is 15.4. The van der Waals surface area contributed by atoms with Crippen molar-refractivity contribution < 1.29 is 29.3 Å². The monoisotopic (exact) mass is 362 g/mol. The van der Waals surface area contributed by atoms with Crippen LogP contribution in [0, 0.1) is 17.8 Å². The first-order valence-corrected chi connectivity index (χ1v) is 8.97. The quantitative estimate of drug-likeness (QED) is 0.451. The second-order valence-corrected chi connectivity index (χ2v) is 7.71. The van der Waals surface area contributed by atoms with E-state index in [0.29, 0.717) is 6.42 Å². The Labute approximate surface area is 153 Å². The molecule has 2 aliphatic carbocycles. The molecular weight excluding hydrogens is 336 g/mol. The molecule has 0 aromatic carbocycles. The van der Waals surface area contributed by atoms with Crippen LogP contribution < -0.4 is 0 Å². The molecule has 6 atom stereocenters. The lowest BCUT2D eigenvalue weighted by Gasteiger charge is -2.34. The van der Waals surface area contributed by atoms with E-state index in [1.807, 2.05) is 6.92 Å². The molecule has 3 aliphatic rings. The molecule has 3 rings (SSSR count). The van der Waals surface area contributed by atoms with Crippen molar-refractivity contribution in [3.63, 3.8) is 0 Å². The van der Waals surface area contributed by atoms with Crippen LogP contribution in [0.1, 0.15) is 33.6 Å². The van der Waals surface area contributed by atoms with Crippen molar-refractivity contribution in [2.45, 2.75) is 51.4 Å². The molecule has 26 heavy (non-hydrogen) atoms. The zero-order valence-corrected chi connectivity index (χ0v) is 15.4. The molecule has 1 saturated carbocycles. The number of carbonyl (C=O) groups excluding carboxylic acids is 2. The predicted octanol–water partition coefficient (Wildman–Crippen LogP) is 1.67. The maximum atomic E-state index is 12.4. The first-order valence-electron chi connectivity index (χ1n) is 8.97. The molecule has 0 bridgehead atoms. The Bertz CT molecular complexity index is 701. The van der Waals surface area contributed by atoms with E-state index in [0.717, 1.165) is 5.57 Å². The van der Waals surface area contributed by atoms with Crippen molar-refractivity contribution in [3.05, 3.63) is 35.5 Å². The number of aliphatic hydroxyl groups excluding tert-OH is 1. The second kappa shape index (κ2) is 6.67. The third kappa shape index (κ3) is 2.91. The van der Waals surface area contributed by atoms with Crippen molar-refractivity contribution in [1.29, 1.82) is 0 Å². The van der Waals surface area contributed by atoms with Crippen LogP contribution in [0.3, 0.4) is 0 Å². The van der Waals surface area contributed by atoms with Crippen LogP contribution in [0.25, 0.3) is 0 Å². The van der Waals surface area contributed by atoms with Gasteiger partial charge in [0.2, 0.25) is 0 Å². The third-order valence-corrected chi connectivity index (χ3v) is 6.12. The summed E-state index contributed by atoms with van der Waals surface area (Å²) >= 11 is 0. The van der Waals surface area contributed by atoms with Crippen molar-refractivity contribution >= 4 is 11.9 Å². The topological polar surface area (TPSA) is 93.1 Å². The van der Waals surface area contributed by atoms with Crippen LogP contribution >= 0.6 is 0 Å². The van der Waals surface area contributed by atoms with Crippen LogP contribution in [0.5, 0.6) is 0 Å². The molecule has 2 fully saturated rings. The van der Waals surface area contributed by atoms with Crippen LogP contribution in [-0.4, -0.2) is 46.6 Å². The van der Waals surface area contributed by atoms with Gasteiger partial charge in [-0.15, -0.1) is 0 Å². The molecule has 0 amide bonds. The molecule has 0 aromatic heterocycles. The van der Waals surface area contributed by atoms with E-state index in [2.05, 4.69) is 12.7 Å². The minimum absolute atomic E-state index is 0.114. The molecule has 2 N–H and O–H groups in total. The summed E-state index contributed by atoms with van der Waals surface area (Å²) in [6, 6.07) is 0. The number of esters is 2. The van der Waals surface area contributed by atoms with Gasteiger partial charge in [-0.05, 0) is 27.2 Å². The van der Waals surface area contributed by atoms with Gasteiger partial charge in [-0.3, -0.25) is 0 Å².